The van der Waals surface area contributed by atoms with Gasteiger partial charge in [0.1, 0.15) is 0 Å². The summed E-state index contributed by atoms with van der Waals surface area (Å²) in [7, 11) is 0. The Hall–Kier alpha value is -0.810. The Morgan fingerprint density at radius 3 is 2.28 bits per heavy atom. The van der Waals surface area contributed by atoms with E-state index in [2.05, 4.69) is 41.4 Å². The molecule has 1 saturated heterocycles. The number of nitrogens with zero attached hydrogens (tertiary/aromatic N) is 1. The third-order valence-corrected chi connectivity index (χ3v) is 5.12. The van der Waals surface area contributed by atoms with Gasteiger partial charge in [0.05, 0.1) is 6.04 Å². The van der Waals surface area contributed by atoms with Crippen molar-refractivity contribution in [3.05, 3.63) is 35.9 Å². The summed E-state index contributed by atoms with van der Waals surface area (Å²) < 4.78 is 0. The van der Waals surface area contributed by atoms with Gasteiger partial charge >= 0.3 is 0 Å². The van der Waals surface area contributed by atoms with E-state index < -0.39 is 0 Å². The number of piperidine rings is 1. The largest absolute Gasteiger partial charge is 0.354 e. The van der Waals surface area contributed by atoms with Gasteiger partial charge < -0.3 is 11.1 Å². The van der Waals surface area contributed by atoms with E-state index in [4.69, 9.17) is 5.73 Å². The molecule has 3 atom stereocenters. The molecule has 0 aromatic heterocycles. The number of amides is 1. The molecule has 1 aliphatic rings. The Balaban J connectivity index is 0.00000288. The summed E-state index contributed by atoms with van der Waals surface area (Å²) in [4.78, 5) is 14.8. The molecular weight excluding hydrogens is 357 g/mol. The highest BCUT2D eigenvalue weighted by atomic mass is 35.5. The van der Waals surface area contributed by atoms with E-state index in [1.54, 1.807) is 0 Å². The average Bonchev–Trinajstić information content (AvgIpc) is 2.56. The van der Waals surface area contributed by atoms with E-state index in [9.17, 15) is 4.79 Å². The fraction of sp³-hybridized carbons (Fsp3) is 0.632. The molecule has 1 amide bonds. The van der Waals surface area contributed by atoms with Crippen molar-refractivity contribution in [2.45, 2.75) is 45.7 Å². The van der Waals surface area contributed by atoms with Gasteiger partial charge in [-0.1, -0.05) is 44.2 Å². The number of rotatable bonds is 6. The summed E-state index contributed by atoms with van der Waals surface area (Å²) in [5, 5.41) is 3.11. The van der Waals surface area contributed by atoms with Crippen molar-refractivity contribution in [1.29, 1.82) is 0 Å². The molecule has 1 aromatic carbocycles. The predicted octanol–water partition coefficient (Wildman–Crippen LogP) is 3.40. The molecule has 1 aliphatic heterocycles. The molecule has 3 N–H and O–H groups in total. The van der Waals surface area contributed by atoms with Gasteiger partial charge in [0.2, 0.25) is 5.91 Å². The van der Waals surface area contributed by atoms with Crippen molar-refractivity contribution >= 4 is 30.7 Å². The van der Waals surface area contributed by atoms with Gasteiger partial charge in [-0.05, 0) is 44.3 Å². The topological polar surface area (TPSA) is 58.4 Å². The second kappa shape index (κ2) is 11.7. The first-order chi connectivity index (χ1) is 11.0. The van der Waals surface area contributed by atoms with E-state index in [1.165, 1.54) is 18.4 Å². The first-order valence-corrected chi connectivity index (χ1v) is 8.81. The van der Waals surface area contributed by atoms with Crippen LogP contribution in [0.2, 0.25) is 0 Å². The smallest absolute Gasteiger partial charge is 0.224 e. The van der Waals surface area contributed by atoms with E-state index >= 15 is 0 Å². The summed E-state index contributed by atoms with van der Waals surface area (Å²) in [6.07, 6.45) is 2.46. The van der Waals surface area contributed by atoms with Crippen molar-refractivity contribution in [3.8, 4) is 0 Å². The molecule has 25 heavy (non-hydrogen) atoms. The van der Waals surface area contributed by atoms with Gasteiger partial charge in [-0.15, -0.1) is 24.8 Å². The number of likely N-dealkylation sites (tertiary alicyclic amines) is 1. The summed E-state index contributed by atoms with van der Waals surface area (Å²) in [6, 6.07) is 10.6. The Morgan fingerprint density at radius 2 is 1.76 bits per heavy atom. The van der Waals surface area contributed by atoms with Crippen LogP contribution in [-0.2, 0) is 4.79 Å². The molecule has 144 valence electrons. The van der Waals surface area contributed by atoms with Crippen LogP contribution in [0, 0.1) is 11.8 Å². The van der Waals surface area contributed by atoms with Crippen molar-refractivity contribution in [2.24, 2.45) is 17.6 Å². The van der Waals surface area contributed by atoms with E-state index in [1.807, 2.05) is 19.9 Å². The van der Waals surface area contributed by atoms with Gasteiger partial charge in [0.15, 0.2) is 0 Å². The number of hydrogen-bond donors (Lipinski definition) is 2. The van der Waals surface area contributed by atoms with Crippen LogP contribution in [0.4, 0.5) is 0 Å². The lowest BCUT2D eigenvalue weighted by Crippen LogP contribution is -2.45. The fourth-order valence-electron chi connectivity index (χ4n) is 3.07. The Bertz CT molecular complexity index is 491. The molecule has 1 aromatic rings. The monoisotopic (exact) mass is 389 g/mol. The Labute approximate surface area is 164 Å². The van der Waals surface area contributed by atoms with Crippen LogP contribution in [0.3, 0.4) is 0 Å². The highest BCUT2D eigenvalue weighted by Crippen LogP contribution is 2.26. The van der Waals surface area contributed by atoms with Crippen LogP contribution in [0.15, 0.2) is 30.3 Å². The number of carbonyl (C=O) groups excluding carboxylic acids is 1. The lowest BCUT2D eigenvalue weighted by atomic mass is 9.95. The second-order valence-corrected chi connectivity index (χ2v) is 7.04. The predicted molar refractivity (Wildman–Crippen MR) is 109 cm³/mol. The molecule has 2 rings (SSSR count). The molecule has 0 aliphatic carbocycles. The maximum Gasteiger partial charge on any atom is 0.224 e. The molecule has 1 heterocycles. The molecule has 0 radical (unpaired) electrons. The quantitative estimate of drug-likeness (QED) is 0.783. The fourth-order valence-corrected chi connectivity index (χ4v) is 3.07. The summed E-state index contributed by atoms with van der Waals surface area (Å²) in [5.74, 6) is 0.689. The van der Waals surface area contributed by atoms with Crippen molar-refractivity contribution in [1.82, 2.24) is 10.2 Å². The number of halogens is 2. The summed E-state index contributed by atoms with van der Waals surface area (Å²) in [5.41, 5.74) is 7.12. The third-order valence-electron chi connectivity index (χ3n) is 5.12. The van der Waals surface area contributed by atoms with E-state index in [0.29, 0.717) is 6.54 Å². The number of hydrogen-bond acceptors (Lipinski definition) is 3. The molecule has 0 bridgehead atoms. The zero-order valence-corrected chi connectivity index (χ0v) is 17.1. The second-order valence-electron chi connectivity index (χ2n) is 7.04. The van der Waals surface area contributed by atoms with Crippen LogP contribution in [0.5, 0.6) is 0 Å². The van der Waals surface area contributed by atoms with Crippen molar-refractivity contribution in [3.63, 3.8) is 0 Å². The van der Waals surface area contributed by atoms with E-state index in [-0.39, 0.29) is 48.7 Å². The van der Waals surface area contributed by atoms with Crippen LogP contribution in [-0.4, -0.2) is 36.5 Å². The molecule has 0 spiro atoms. The summed E-state index contributed by atoms with van der Waals surface area (Å²) in [6.45, 7) is 8.93. The van der Waals surface area contributed by atoms with Crippen LogP contribution in [0.1, 0.15) is 45.2 Å². The summed E-state index contributed by atoms with van der Waals surface area (Å²) >= 11 is 0. The molecule has 3 unspecified atom stereocenters. The van der Waals surface area contributed by atoms with Crippen LogP contribution >= 0.6 is 24.8 Å². The first kappa shape index (κ1) is 24.2. The van der Waals surface area contributed by atoms with Gasteiger partial charge in [0.25, 0.3) is 0 Å². The first-order valence-electron chi connectivity index (χ1n) is 8.81. The highest BCUT2D eigenvalue weighted by Gasteiger charge is 2.26. The molecule has 4 nitrogen and oxygen atoms in total. The normalized spacial score (nSPS) is 19.0. The highest BCUT2D eigenvalue weighted by molar-refractivity contribution is 5.85. The molecular formula is C19H33Cl2N3O. The van der Waals surface area contributed by atoms with Gasteiger partial charge in [0, 0.05) is 18.5 Å². The van der Waals surface area contributed by atoms with Crippen molar-refractivity contribution in [2.75, 3.05) is 19.6 Å². The van der Waals surface area contributed by atoms with Crippen molar-refractivity contribution < 1.29 is 4.79 Å². The number of benzene rings is 1. The lowest BCUT2D eigenvalue weighted by molar-refractivity contribution is -0.125. The molecule has 1 fully saturated rings. The number of carbonyl (C=O) groups is 1. The minimum Gasteiger partial charge on any atom is -0.354 e. The van der Waals surface area contributed by atoms with Gasteiger partial charge in [-0.3, -0.25) is 9.69 Å². The van der Waals surface area contributed by atoms with Gasteiger partial charge in [-0.2, -0.15) is 0 Å². The number of nitrogens with two attached hydrogens (primary N) is 1. The number of nitrogens with one attached hydrogen (secondary N) is 1. The maximum atomic E-state index is 12.2. The van der Waals surface area contributed by atoms with Crippen LogP contribution in [0.25, 0.3) is 0 Å². The van der Waals surface area contributed by atoms with Gasteiger partial charge in [-0.25, -0.2) is 0 Å². The molecule has 0 saturated carbocycles. The zero-order valence-electron chi connectivity index (χ0n) is 15.5. The van der Waals surface area contributed by atoms with Crippen LogP contribution < -0.4 is 11.1 Å². The zero-order chi connectivity index (χ0) is 16.8. The Kier molecular flexibility index (Phi) is 11.4. The maximum absolute atomic E-state index is 12.2. The SMILES string of the molecule is CC1CCN(C(CNC(=O)C(C)C(C)N)c2ccccc2)CC1.Cl.Cl. The third kappa shape index (κ3) is 7.14. The molecule has 6 heteroatoms. The Morgan fingerprint density at radius 1 is 1.20 bits per heavy atom. The minimum atomic E-state index is -0.159. The van der Waals surface area contributed by atoms with E-state index in [0.717, 1.165) is 19.0 Å². The average molecular weight is 390 g/mol. The lowest BCUT2D eigenvalue weighted by Gasteiger charge is -2.37. The minimum absolute atomic E-state index is 0. The standard InChI is InChI=1S/C19H31N3O.2ClH/c1-14-9-11-22(12-10-14)18(17-7-5-4-6-8-17)13-21-19(23)15(2)16(3)20;;/h4-8,14-16,18H,9-13,20H2,1-3H3,(H,21,23);2*1H.